The fourth-order valence-corrected chi connectivity index (χ4v) is 3.17. The molecule has 0 radical (unpaired) electrons. The topological polar surface area (TPSA) is 26.0 Å². The van der Waals surface area contributed by atoms with Gasteiger partial charge in [-0.1, -0.05) is 44.0 Å². The number of nitrogens with two attached hydrogens (primary N) is 1. The molecular formula is C14H11Br2F2N. The van der Waals surface area contributed by atoms with E-state index in [0.29, 0.717) is 15.6 Å². The largest absolute Gasteiger partial charge is 0.320 e. The summed E-state index contributed by atoms with van der Waals surface area (Å²) in [5, 5.41) is 0. The Morgan fingerprint density at radius 2 is 1.79 bits per heavy atom. The molecule has 0 aliphatic heterocycles. The minimum atomic E-state index is -0.859. The summed E-state index contributed by atoms with van der Waals surface area (Å²) in [7, 11) is 0. The first-order chi connectivity index (χ1) is 8.91. The molecule has 0 bridgehead atoms. The standard InChI is InChI=1S/C14H11Br2F2N/c1-7-2-5-11(17)12(13(7)18)14(19)9-4-3-8(15)6-10(9)16/h2-6,14H,19H2,1H3. The van der Waals surface area contributed by atoms with Gasteiger partial charge in [0, 0.05) is 14.5 Å². The summed E-state index contributed by atoms with van der Waals surface area (Å²) >= 11 is 6.68. The van der Waals surface area contributed by atoms with Crippen molar-refractivity contribution < 1.29 is 8.78 Å². The molecule has 2 N–H and O–H groups in total. The molecule has 0 spiro atoms. The number of hydrogen-bond donors (Lipinski definition) is 1. The Hall–Kier alpha value is -0.780. The highest BCUT2D eigenvalue weighted by molar-refractivity contribution is 9.11. The Bertz CT molecular complexity index is 629. The van der Waals surface area contributed by atoms with Crippen LogP contribution in [0.4, 0.5) is 8.78 Å². The van der Waals surface area contributed by atoms with Gasteiger partial charge in [-0.3, -0.25) is 0 Å². The molecule has 2 rings (SSSR count). The first-order valence-electron chi connectivity index (χ1n) is 5.57. The van der Waals surface area contributed by atoms with Crippen molar-refractivity contribution in [3.8, 4) is 0 Å². The van der Waals surface area contributed by atoms with Crippen molar-refractivity contribution in [2.45, 2.75) is 13.0 Å². The van der Waals surface area contributed by atoms with E-state index < -0.39 is 17.7 Å². The maximum absolute atomic E-state index is 14.1. The summed E-state index contributed by atoms with van der Waals surface area (Å²) in [6.45, 7) is 1.58. The van der Waals surface area contributed by atoms with Crippen molar-refractivity contribution in [2.75, 3.05) is 0 Å². The van der Waals surface area contributed by atoms with Gasteiger partial charge in [0.1, 0.15) is 11.6 Å². The number of benzene rings is 2. The maximum atomic E-state index is 14.1. The van der Waals surface area contributed by atoms with Crippen molar-refractivity contribution in [2.24, 2.45) is 5.73 Å². The number of aryl methyl sites for hydroxylation is 1. The van der Waals surface area contributed by atoms with Gasteiger partial charge >= 0.3 is 0 Å². The molecule has 5 heteroatoms. The second-order valence-electron chi connectivity index (χ2n) is 4.24. The average molecular weight is 391 g/mol. The molecule has 0 heterocycles. The molecule has 1 unspecified atom stereocenters. The Morgan fingerprint density at radius 3 is 2.42 bits per heavy atom. The Balaban J connectivity index is 2.56. The lowest BCUT2D eigenvalue weighted by atomic mass is 9.97. The van der Waals surface area contributed by atoms with Crippen LogP contribution in [-0.2, 0) is 0 Å². The predicted molar refractivity (Wildman–Crippen MR) is 79.0 cm³/mol. The number of hydrogen-bond acceptors (Lipinski definition) is 1. The van der Waals surface area contributed by atoms with Crippen molar-refractivity contribution >= 4 is 31.9 Å². The smallest absolute Gasteiger partial charge is 0.134 e. The Morgan fingerprint density at radius 1 is 1.11 bits per heavy atom. The Labute approximate surface area is 127 Å². The summed E-state index contributed by atoms with van der Waals surface area (Å²) in [5.41, 5.74) is 6.91. The van der Waals surface area contributed by atoms with Crippen molar-refractivity contribution in [1.82, 2.24) is 0 Å². The van der Waals surface area contributed by atoms with Gasteiger partial charge in [-0.05, 0) is 36.2 Å². The highest BCUT2D eigenvalue weighted by Gasteiger charge is 2.21. The lowest BCUT2D eigenvalue weighted by Crippen LogP contribution is -2.17. The maximum Gasteiger partial charge on any atom is 0.134 e. The van der Waals surface area contributed by atoms with E-state index in [1.54, 1.807) is 25.1 Å². The molecule has 1 nitrogen and oxygen atoms in total. The molecule has 0 aliphatic rings. The molecular weight excluding hydrogens is 380 g/mol. The van der Waals surface area contributed by atoms with E-state index in [1.807, 2.05) is 0 Å². The van der Waals surface area contributed by atoms with E-state index in [9.17, 15) is 8.78 Å². The molecule has 0 saturated carbocycles. The predicted octanol–water partition coefficient (Wildman–Crippen LogP) is 4.85. The minimum absolute atomic E-state index is 0.108. The van der Waals surface area contributed by atoms with Gasteiger partial charge in [-0.25, -0.2) is 8.78 Å². The SMILES string of the molecule is Cc1ccc(F)c(C(N)c2ccc(Br)cc2Br)c1F. The van der Waals surface area contributed by atoms with Crippen LogP contribution in [0.1, 0.15) is 22.7 Å². The van der Waals surface area contributed by atoms with Crippen LogP contribution in [0.5, 0.6) is 0 Å². The molecule has 0 aliphatic carbocycles. The first kappa shape index (κ1) is 14.6. The van der Waals surface area contributed by atoms with Crippen LogP contribution in [0.3, 0.4) is 0 Å². The van der Waals surface area contributed by atoms with Crippen molar-refractivity contribution in [1.29, 1.82) is 0 Å². The van der Waals surface area contributed by atoms with Crippen LogP contribution in [0, 0.1) is 18.6 Å². The highest BCUT2D eigenvalue weighted by atomic mass is 79.9. The van der Waals surface area contributed by atoms with Gasteiger partial charge in [0.15, 0.2) is 0 Å². The van der Waals surface area contributed by atoms with E-state index in [2.05, 4.69) is 31.9 Å². The normalized spacial score (nSPS) is 12.5. The monoisotopic (exact) mass is 389 g/mol. The van der Waals surface area contributed by atoms with Crippen LogP contribution < -0.4 is 5.73 Å². The molecule has 19 heavy (non-hydrogen) atoms. The lowest BCUT2D eigenvalue weighted by Gasteiger charge is -2.17. The van der Waals surface area contributed by atoms with Crippen LogP contribution in [0.25, 0.3) is 0 Å². The first-order valence-corrected chi connectivity index (χ1v) is 7.15. The summed E-state index contributed by atoms with van der Waals surface area (Å²) in [6.07, 6.45) is 0. The molecule has 0 amide bonds. The Kier molecular flexibility index (Phi) is 4.38. The third-order valence-corrected chi connectivity index (χ3v) is 4.11. The molecule has 2 aromatic carbocycles. The van der Waals surface area contributed by atoms with E-state index in [4.69, 9.17) is 5.73 Å². The highest BCUT2D eigenvalue weighted by Crippen LogP contribution is 2.32. The van der Waals surface area contributed by atoms with Gasteiger partial charge in [0.05, 0.1) is 6.04 Å². The molecule has 1 atom stereocenters. The molecule has 0 fully saturated rings. The third kappa shape index (κ3) is 2.88. The van der Waals surface area contributed by atoms with Gasteiger partial charge in [0.2, 0.25) is 0 Å². The van der Waals surface area contributed by atoms with E-state index in [0.717, 1.165) is 4.47 Å². The van der Waals surface area contributed by atoms with Crippen molar-refractivity contribution in [3.63, 3.8) is 0 Å². The van der Waals surface area contributed by atoms with Crippen molar-refractivity contribution in [3.05, 3.63) is 67.6 Å². The zero-order valence-electron chi connectivity index (χ0n) is 10.1. The zero-order valence-corrected chi connectivity index (χ0v) is 13.2. The lowest BCUT2D eigenvalue weighted by molar-refractivity contribution is 0.538. The van der Waals surface area contributed by atoms with Gasteiger partial charge < -0.3 is 5.73 Å². The average Bonchev–Trinajstić information content (AvgIpc) is 2.34. The summed E-state index contributed by atoms with van der Waals surface area (Å²) in [6, 6.07) is 7.09. The number of rotatable bonds is 2. The summed E-state index contributed by atoms with van der Waals surface area (Å²) in [5.74, 6) is -1.23. The summed E-state index contributed by atoms with van der Waals surface area (Å²) in [4.78, 5) is 0. The van der Waals surface area contributed by atoms with E-state index in [1.165, 1.54) is 12.1 Å². The van der Waals surface area contributed by atoms with Crippen LogP contribution >= 0.6 is 31.9 Å². The van der Waals surface area contributed by atoms with Crippen LogP contribution in [-0.4, -0.2) is 0 Å². The third-order valence-electron chi connectivity index (χ3n) is 2.93. The summed E-state index contributed by atoms with van der Waals surface area (Å²) < 4.78 is 29.5. The molecule has 0 aromatic heterocycles. The van der Waals surface area contributed by atoms with E-state index in [-0.39, 0.29) is 5.56 Å². The van der Waals surface area contributed by atoms with E-state index >= 15 is 0 Å². The van der Waals surface area contributed by atoms with Gasteiger partial charge in [-0.15, -0.1) is 0 Å². The fraction of sp³-hybridized carbons (Fsp3) is 0.143. The van der Waals surface area contributed by atoms with Gasteiger partial charge in [0.25, 0.3) is 0 Å². The van der Waals surface area contributed by atoms with Crippen LogP contribution in [0.2, 0.25) is 0 Å². The number of halogens is 4. The minimum Gasteiger partial charge on any atom is -0.320 e. The van der Waals surface area contributed by atoms with Crippen LogP contribution in [0.15, 0.2) is 39.3 Å². The fourth-order valence-electron chi connectivity index (χ4n) is 1.87. The second kappa shape index (κ2) is 5.69. The molecule has 100 valence electrons. The zero-order chi connectivity index (χ0) is 14.2. The molecule has 2 aromatic rings. The quantitative estimate of drug-likeness (QED) is 0.779. The molecule has 0 saturated heterocycles. The second-order valence-corrected chi connectivity index (χ2v) is 6.01. The van der Waals surface area contributed by atoms with Gasteiger partial charge in [-0.2, -0.15) is 0 Å².